The van der Waals surface area contributed by atoms with Crippen molar-refractivity contribution in [1.29, 1.82) is 0 Å². The Morgan fingerprint density at radius 3 is 2.32 bits per heavy atom. The Hall–Kier alpha value is -4.00. The number of nitrogens with zero attached hydrogens (tertiary/aromatic N) is 2. The van der Waals surface area contributed by atoms with Gasteiger partial charge in [-0.25, -0.2) is 0 Å². The summed E-state index contributed by atoms with van der Waals surface area (Å²) in [6, 6.07) is 20.3. The Balaban J connectivity index is 1.25. The molecule has 2 aromatic carbocycles. The predicted octanol–water partition coefficient (Wildman–Crippen LogP) is 4.14. The van der Waals surface area contributed by atoms with E-state index in [1.807, 2.05) is 35.2 Å². The highest BCUT2D eigenvalue weighted by atomic mass is 16.2. The number of aryl methyl sites for hydroxylation is 1. The van der Waals surface area contributed by atoms with Gasteiger partial charge in [-0.2, -0.15) is 0 Å². The molecule has 1 aromatic heterocycles. The molecule has 1 aliphatic heterocycles. The molecule has 0 spiro atoms. The van der Waals surface area contributed by atoms with E-state index < -0.39 is 0 Å². The number of nitrogens with one attached hydrogen (secondary N) is 2. The number of hydrogen-bond acceptors (Lipinski definition) is 4. The summed E-state index contributed by atoms with van der Waals surface area (Å²) in [4.78, 5) is 43.7. The number of amides is 3. The molecule has 0 unspecified atom stereocenters. The van der Waals surface area contributed by atoms with Crippen molar-refractivity contribution in [2.75, 3.05) is 23.7 Å². The van der Waals surface area contributed by atoms with Gasteiger partial charge in [0.15, 0.2) is 0 Å². The van der Waals surface area contributed by atoms with Crippen LogP contribution in [0.3, 0.4) is 0 Å². The number of benzene rings is 2. The molecule has 0 atom stereocenters. The largest absolute Gasteiger partial charge is 0.343 e. The van der Waals surface area contributed by atoms with E-state index in [0.29, 0.717) is 49.3 Å². The van der Waals surface area contributed by atoms with E-state index in [1.165, 1.54) is 0 Å². The van der Waals surface area contributed by atoms with Crippen LogP contribution in [0.5, 0.6) is 0 Å². The first-order chi connectivity index (χ1) is 16.6. The van der Waals surface area contributed by atoms with E-state index >= 15 is 0 Å². The minimum Gasteiger partial charge on any atom is -0.343 e. The van der Waals surface area contributed by atoms with Gasteiger partial charge in [0.05, 0.1) is 0 Å². The van der Waals surface area contributed by atoms with Crippen LogP contribution in [0.1, 0.15) is 35.2 Å². The van der Waals surface area contributed by atoms with Crippen LogP contribution in [0.15, 0.2) is 79.1 Å². The van der Waals surface area contributed by atoms with Gasteiger partial charge >= 0.3 is 0 Å². The molecular weight excluding hydrogens is 428 g/mol. The fourth-order valence-electron chi connectivity index (χ4n) is 4.07. The molecule has 7 nitrogen and oxygen atoms in total. The van der Waals surface area contributed by atoms with Gasteiger partial charge in [0.2, 0.25) is 11.8 Å². The van der Waals surface area contributed by atoms with E-state index in [9.17, 15) is 14.4 Å². The third kappa shape index (κ3) is 6.28. The molecule has 3 amide bonds. The molecule has 0 bridgehead atoms. The number of carbonyl (C=O) groups is 3. The van der Waals surface area contributed by atoms with Gasteiger partial charge < -0.3 is 15.5 Å². The summed E-state index contributed by atoms with van der Waals surface area (Å²) in [7, 11) is 0. The third-order valence-electron chi connectivity index (χ3n) is 6.02. The van der Waals surface area contributed by atoms with E-state index in [0.717, 1.165) is 12.0 Å². The van der Waals surface area contributed by atoms with Crippen LogP contribution < -0.4 is 10.6 Å². The first kappa shape index (κ1) is 23.2. The number of aromatic nitrogens is 1. The zero-order valence-electron chi connectivity index (χ0n) is 18.9. The Kier molecular flexibility index (Phi) is 7.65. The quantitative estimate of drug-likeness (QED) is 0.559. The van der Waals surface area contributed by atoms with E-state index in [1.54, 1.807) is 48.8 Å². The summed E-state index contributed by atoms with van der Waals surface area (Å²) >= 11 is 0. The highest BCUT2D eigenvalue weighted by Gasteiger charge is 2.27. The van der Waals surface area contributed by atoms with Crippen molar-refractivity contribution in [3.63, 3.8) is 0 Å². The van der Waals surface area contributed by atoms with Gasteiger partial charge in [0.25, 0.3) is 5.91 Å². The van der Waals surface area contributed by atoms with Crippen molar-refractivity contribution in [3.8, 4) is 0 Å². The molecule has 1 aliphatic rings. The summed E-state index contributed by atoms with van der Waals surface area (Å²) in [5.41, 5.74) is 2.84. The first-order valence-corrected chi connectivity index (χ1v) is 11.5. The van der Waals surface area contributed by atoms with E-state index in [4.69, 9.17) is 0 Å². The normalized spacial score (nSPS) is 13.8. The summed E-state index contributed by atoms with van der Waals surface area (Å²) in [5, 5.41) is 5.74. The van der Waals surface area contributed by atoms with Crippen molar-refractivity contribution in [2.45, 2.75) is 25.7 Å². The fourth-order valence-corrected chi connectivity index (χ4v) is 4.07. The molecule has 34 heavy (non-hydrogen) atoms. The van der Waals surface area contributed by atoms with Crippen molar-refractivity contribution in [1.82, 2.24) is 9.88 Å². The van der Waals surface area contributed by atoms with Crippen molar-refractivity contribution >= 4 is 29.1 Å². The van der Waals surface area contributed by atoms with Gasteiger partial charge in [0, 0.05) is 54.8 Å². The maximum absolute atomic E-state index is 12.8. The third-order valence-corrected chi connectivity index (χ3v) is 6.02. The van der Waals surface area contributed by atoms with E-state index in [-0.39, 0.29) is 23.6 Å². The molecule has 0 aliphatic carbocycles. The second kappa shape index (κ2) is 11.2. The molecule has 0 saturated carbocycles. The topological polar surface area (TPSA) is 91.4 Å². The Morgan fingerprint density at radius 1 is 0.853 bits per heavy atom. The number of rotatable bonds is 7. The minimum atomic E-state index is -0.260. The van der Waals surface area contributed by atoms with Crippen LogP contribution in [0.4, 0.5) is 11.4 Å². The lowest BCUT2D eigenvalue weighted by Gasteiger charge is -2.31. The second-order valence-electron chi connectivity index (χ2n) is 8.40. The molecule has 1 fully saturated rings. The molecule has 2 heterocycles. The molecule has 1 saturated heterocycles. The average molecular weight is 457 g/mol. The monoisotopic (exact) mass is 456 g/mol. The van der Waals surface area contributed by atoms with Crippen LogP contribution in [-0.4, -0.2) is 40.7 Å². The molecule has 0 radical (unpaired) electrons. The predicted molar refractivity (Wildman–Crippen MR) is 131 cm³/mol. The maximum atomic E-state index is 12.8. The van der Waals surface area contributed by atoms with Crippen LogP contribution in [-0.2, 0) is 16.0 Å². The summed E-state index contributed by atoms with van der Waals surface area (Å²) in [5.74, 6) is -0.365. The highest BCUT2D eigenvalue weighted by Crippen LogP contribution is 2.21. The van der Waals surface area contributed by atoms with Gasteiger partial charge in [-0.1, -0.05) is 36.4 Å². The highest BCUT2D eigenvalue weighted by molar-refractivity contribution is 6.05. The van der Waals surface area contributed by atoms with E-state index in [2.05, 4.69) is 15.6 Å². The number of carbonyl (C=O) groups excluding carboxylic acids is 3. The molecule has 4 rings (SSSR count). The van der Waals surface area contributed by atoms with Crippen molar-refractivity contribution < 1.29 is 14.4 Å². The number of pyridine rings is 1. The van der Waals surface area contributed by atoms with Crippen molar-refractivity contribution in [2.24, 2.45) is 5.92 Å². The SMILES string of the molecule is O=C(Nc1ccncc1)c1cccc(NC(=O)C2CCN(C(=O)CCc3ccccc3)CC2)c1. The van der Waals surface area contributed by atoms with Crippen LogP contribution in [0.2, 0.25) is 0 Å². The molecule has 2 N–H and O–H groups in total. The number of anilines is 2. The summed E-state index contributed by atoms with van der Waals surface area (Å²) in [6.07, 6.45) is 5.68. The lowest BCUT2D eigenvalue weighted by Crippen LogP contribution is -2.41. The molecule has 174 valence electrons. The van der Waals surface area contributed by atoms with Crippen LogP contribution in [0, 0.1) is 5.92 Å². The number of hydrogen-bond donors (Lipinski definition) is 2. The fraction of sp³-hybridized carbons (Fsp3) is 0.259. The number of piperidine rings is 1. The Labute approximate surface area is 199 Å². The molecular formula is C27H28N4O3. The van der Waals surface area contributed by atoms with Gasteiger partial charge in [0.1, 0.15) is 0 Å². The van der Waals surface area contributed by atoms with Gasteiger partial charge in [-0.15, -0.1) is 0 Å². The Bertz CT molecular complexity index is 1130. The first-order valence-electron chi connectivity index (χ1n) is 11.5. The van der Waals surface area contributed by atoms with Gasteiger partial charge in [-0.05, 0) is 55.2 Å². The summed E-state index contributed by atoms with van der Waals surface area (Å²) < 4.78 is 0. The molecule has 7 heteroatoms. The molecule has 3 aromatic rings. The maximum Gasteiger partial charge on any atom is 0.255 e. The smallest absolute Gasteiger partial charge is 0.255 e. The van der Waals surface area contributed by atoms with Crippen LogP contribution in [0.25, 0.3) is 0 Å². The van der Waals surface area contributed by atoms with Crippen molar-refractivity contribution in [3.05, 3.63) is 90.3 Å². The lowest BCUT2D eigenvalue weighted by atomic mass is 9.95. The number of likely N-dealkylation sites (tertiary alicyclic amines) is 1. The summed E-state index contributed by atoms with van der Waals surface area (Å²) in [6.45, 7) is 1.17. The van der Waals surface area contributed by atoms with Crippen LogP contribution >= 0.6 is 0 Å². The van der Waals surface area contributed by atoms with Gasteiger partial charge in [-0.3, -0.25) is 19.4 Å². The Morgan fingerprint density at radius 2 is 1.59 bits per heavy atom. The lowest BCUT2D eigenvalue weighted by molar-refractivity contribution is -0.134. The zero-order valence-corrected chi connectivity index (χ0v) is 18.9. The average Bonchev–Trinajstić information content (AvgIpc) is 2.88. The minimum absolute atomic E-state index is 0.0805. The zero-order chi connectivity index (χ0) is 23.8. The second-order valence-corrected chi connectivity index (χ2v) is 8.40. The standard InChI is InChI=1S/C27H28N4O3/c32-25(10-9-20-5-2-1-3-6-20)31-17-13-21(14-18-31)26(33)30-24-8-4-7-22(19-24)27(34)29-23-11-15-28-16-12-23/h1-8,11-12,15-16,19,21H,9-10,13-14,17-18H2,(H,30,33)(H,28,29,34).